The third-order valence-electron chi connectivity index (χ3n) is 3.81. The van der Waals surface area contributed by atoms with Crippen molar-refractivity contribution in [3.63, 3.8) is 0 Å². The van der Waals surface area contributed by atoms with Crippen molar-refractivity contribution in [1.82, 2.24) is 15.2 Å². The van der Waals surface area contributed by atoms with Gasteiger partial charge in [-0.25, -0.2) is 0 Å². The fraction of sp³-hybridized carbons (Fsp3) is 0.438. The molecule has 1 N–H and O–H groups in total. The summed E-state index contributed by atoms with van der Waals surface area (Å²) in [6, 6.07) is 8.81. The summed E-state index contributed by atoms with van der Waals surface area (Å²) in [4.78, 5) is 6.83. The number of anilines is 3. The van der Waals surface area contributed by atoms with E-state index in [0.29, 0.717) is 12.0 Å². The van der Waals surface area contributed by atoms with Gasteiger partial charge in [0.25, 0.3) is 0 Å². The molecule has 1 aromatic carbocycles. The maximum atomic E-state index is 5.03. The van der Waals surface area contributed by atoms with E-state index in [1.54, 1.807) is 13.3 Å². The highest BCUT2D eigenvalue weighted by atomic mass is 16.5. The molecule has 2 heterocycles. The maximum Gasteiger partial charge on any atom is 0.244 e. The summed E-state index contributed by atoms with van der Waals surface area (Å²) in [6.45, 7) is 3.69. The average molecular weight is 299 g/mol. The largest absolute Gasteiger partial charge is 0.385 e. The van der Waals surface area contributed by atoms with Gasteiger partial charge in [0.15, 0.2) is 5.82 Å². The molecule has 0 bridgehead atoms. The summed E-state index contributed by atoms with van der Waals surface area (Å²) < 4.78 is 5.03. The lowest BCUT2D eigenvalue weighted by Crippen LogP contribution is -2.25. The second kappa shape index (κ2) is 6.70. The Kier molecular flexibility index (Phi) is 4.48. The molecule has 2 aromatic rings. The second-order valence-electron chi connectivity index (χ2n) is 5.46. The predicted molar refractivity (Wildman–Crippen MR) is 86.6 cm³/mol. The van der Waals surface area contributed by atoms with Crippen LogP contribution in [0.2, 0.25) is 0 Å². The number of nitrogens with zero attached hydrogens (tertiary/aromatic N) is 4. The van der Waals surface area contributed by atoms with Crippen LogP contribution in [0.5, 0.6) is 0 Å². The van der Waals surface area contributed by atoms with Crippen molar-refractivity contribution in [1.29, 1.82) is 0 Å². The van der Waals surface area contributed by atoms with E-state index in [1.807, 2.05) is 0 Å². The van der Waals surface area contributed by atoms with Crippen LogP contribution in [0.1, 0.15) is 18.9 Å². The monoisotopic (exact) mass is 299 g/mol. The van der Waals surface area contributed by atoms with Gasteiger partial charge in [-0.2, -0.15) is 10.1 Å². The fourth-order valence-corrected chi connectivity index (χ4v) is 2.82. The van der Waals surface area contributed by atoms with E-state index in [9.17, 15) is 0 Å². The molecular formula is C16H21N5O. The van der Waals surface area contributed by atoms with Crippen LogP contribution in [0.4, 0.5) is 17.5 Å². The molecule has 1 aliphatic heterocycles. The Morgan fingerprint density at radius 1 is 1.36 bits per heavy atom. The number of benzene rings is 1. The smallest absolute Gasteiger partial charge is 0.244 e. The minimum atomic E-state index is 0.371. The fourth-order valence-electron chi connectivity index (χ4n) is 2.82. The van der Waals surface area contributed by atoms with Gasteiger partial charge in [0.2, 0.25) is 5.95 Å². The zero-order chi connectivity index (χ0) is 15.4. The van der Waals surface area contributed by atoms with Gasteiger partial charge < -0.3 is 15.0 Å². The molecule has 0 saturated carbocycles. The van der Waals surface area contributed by atoms with Crippen LogP contribution in [0.15, 0.2) is 30.5 Å². The molecule has 0 fully saturated rings. The highest BCUT2D eigenvalue weighted by Crippen LogP contribution is 2.36. The molecule has 1 unspecified atom stereocenters. The van der Waals surface area contributed by atoms with Crippen LogP contribution in [0.3, 0.4) is 0 Å². The van der Waals surface area contributed by atoms with Gasteiger partial charge in [-0.05, 0) is 31.4 Å². The summed E-state index contributed by atoms with van der Waals surface area (Å²) in [5, 5.41) is 11.3. The number of rotatable bonds is 6. The molecule has 1 atom stereocenters. The van der Waals surface area contributed by atoms with Crippen LogP contribution >= 0.6 is 0 Å². The van der Waals surface area contributed by atoms with Gasteiger partial charge in [0.1, 0.15) is 0 Å². The molecule has 0 saturated heterocycles. The standard InChI is InChI=1S/C16H21N5O/c1-12-10-13-6-3-4-7-14(13)21(12)15-11-18-20-16(19-15)17-8-5-9-22-2/h3-4,6-7,11-12H,5,8-10H2,1-2H3,(H,17,19,20). The molecule has 0 radical (unpaired) electrons. The second-order valence-corrected chi connectivity index (χ2v) is 5.46. The number of hydrogen-bond acceptors (Lipinski definition) is 6. The van der Waals surface area contributed by atoms with Crippen LogP contribution < -0.4 is 10.2 Å². The van der Waals surface area contributed by atoms with Crippen LogP contribution in [0.25, 0.3) is 0 Å². The Morgan fingerprint density at radius 2 is 2.23 bits per heavy atom. The lowest BCUT2D eigenvalue weighted by molar-refractivity contribution is 0.197. The van der Waals surface area contributed by atoms with E-state index >= 15 is 0 Å². The summed E-state index contributed by atoms with van der Waals surface area (Å²) >= 11 is 0. The van der Waals surface area contributed by atoms with E-state index in [-0.39, 0.29) is 0 Å². The Labute approximate surface area is 130 Å². The molecule has 1 aromatic heterocycles. The van der Waals surface area contributed by atoms with Crippen molar-refractivity contribution < 1.29 is 4.74 Å². The lowest BCUT2D eigenvalue weighted by Gasteiger charge is -2.23. The van der Waals surface area contributed by atoms with Crippen LogP contribution in [0, 0.1) is 0 Å². The molecule has 0 amide bonds. The first kappa shape index (κ1) is 14.7. The number of nitrogens with one attached hydrogen (secondary N) is 1. The zero-order valence-corrected chi connectivity index (χ0v) is 13.0. The van der Waals surface area contributed by atoms with E-state index in [1.165, 1.54) is 11.3 Å². The lowest BCUT2D eigenvalue weighted by atomic mass is 10.1. The van der Waals surface area contributed by atoms with Gasteiger partial charge >= 0.3 is 0 Å². The summed E-state index contributed by atoms with van der Waals surface area (Å²) in [7, 11) is 1.70. The Balaban J connectivity index is 1.77. The third kappa shape index (κ3) is 3.01. The van der Waals surface area contributed by atoms with Gasteiger partial charge in [0, 0.05) is 32.0 Å². The van der Waals surface area contributed by atoms with Gasteiger partial charge in [-0.1, -0.05) is 18.2 Å². The topological polar surface area (TPSA) is 63.2 Å². The molecule has 6 nitrogen and oxygen atoms in total. The Hall–Kier alpha value is -2.21. The minimum Gasteiger partial charge on any atom is -0.385 e. The van der Waals surface area contributed by atoms with Crippen LogP contribution in [-0.2, 0) is 11.2 Å². The quantitative estimate of drug-likeness (QED) is 0.826. The molecule has 0 aliphatic carbocycles. The number of methoxy groups -OCH3 is 1. The van der Waals surface area contributed by atoms with Gasteiger partial charge in [-0.3, -0.25) is 0 Å². The van der Waals surface area contributed by atoms with Crippen molar-refractivity contribution in [2.75, 3.05) is 30.5 Å². The zero-order valence-electron chi connectivity index (χ0n) is 13.0. The highest BCUT2D eigenvalue weighted by Gasteiger charge is 2.28. The first-order valence-electron chi connectivity index (χ1n) is 7.59. The van der Waals surface area contributed by atoms with Crippen molar-refractivity contribution in [2.45, 2.75) is 25.8 Å². The van der Waals surface area contributed by atoms with E-state index < -0.39 is 0 Å². The van der Waals surface area contributed by atoms with Crippen molar-refractivity contribution in [3.05, 3.63) is 36.0 Å². The van der Waals surface area contributed by atoms with Crippen LogP contribution in [-0.4, -0.2) is 41.5 Å². The van der Waals surface area contributed by atoms with E-state index in [2.05, 4.69) is 56.6 Å². The highest BCUT2D eigenvalue weighted by molar-refractivity contribution is 5.68. The van der Waals surface area contributed by atoms with E-state index in [4.69, 9.17) is 4.74 Å². The number of ether oxygens (including phenoxy) is 1. The van der Waals surface area contributed by atoms with Crippen molar-refractivity contribution in [2.24, 2.45) is 0 Å². The first-order valence-corrected chi connectivity index (χ1v) is 7.59. The third-order valence-corrected chi connectivity index (χ3v) is 3.81. The van der Waals surface area contributed by atoms with Crippen molar-refractivity contribution in [3.8, 4) is 0 Å². The average Bonchev–Trinajstić information content (AvgIpc) is 2.87. The van der Waals surface area contributed by atoms with Gasteiger partial charge in [0.05, 0.1) is 6.20 Å². The molecule has 116 valence electrons. The SMILES string of the molecule is COCCCNc1nncc(N2c3ccccc3CC2C)n1. The Bertz CT molecular complexity index is 633. The summed E-state index contributed by atoms with van der Waals surface area (Å²) in [6.07, 6.45) is 3.66. The number of aromatic nitrogens is 3. The molecule has 3 rings (SSSR count). The minimum absolute atomic E-state index is 0.371. The molecule has 22 heavy (non-hydrogen) atoms. The van der Waals surface area contributed by atoms with Gasteiger partial charge in [-0.15, -0.1) is 5.10 Å². The summed E-state index contributed by atoms with van der Waals surface area (Å²) in [5.74, 6) is 1.40. The normalized spacial score (nSPS) is 16.6. The van der Waals surface area contributed by atoms with E-state index in [0.717, 1.165) is 31.8 Å². The number of para-hydroxylation sites is 1. The first-order chi connectivity index (χ1) is 10.8. The summed E-state index contributed by atoms with van der Waals surface area (Å²) in [5.41, 5.74) is 2.56. The molecule has 1 aliphatic rings. The molecular weight excluding hydrogens is 278 g/mol. The maximum absolute atomic E-state index is 5.03. The molecule has 6 heteroatoms. The number of hydrogen-bond donors (Lipinski definition) is 1. The number of fused-ring (bicyclic) bond motifs is 1. The molecule has 0 spiro atoms. The predicted octanol–water partition coefficient (Wildman–Crippen LogP) is 2.40. The van der Waals surface area contributed by atoms with Crippen molar-refractivity contribution >= 4 is 17.5 Å². The Morgan fingerprint density at radius 3 is 3.09 bits per heavy atom.